The van der Waals surface area contributed by atoms with Gasteiger partial charge in [-0.1, -0.05) is 72.3 Å². The lowest BCUT2D eigenvalue weighted by Gasteiger charge is -2.05. The second-order valence-corrected chi connectivity index (χ2v) is 9.67. The van der Waals surface area contributed by atoms with E-state index in [9.17, 15) is 12.8 Å². The first kappa shape index (κ1) is 19.5. The molecule has 0 N–H and O–H groups in total. The molecule has 0 radical (unpaired) electrons. The van der Waals surface area contributed by atoms with Crippen molar-refractivity contribution >= 4 is 21.2 Å². The van der Waals surface area contributed by atoms with E-state index in [0.29, 0.717) is 21.0 Å². The zero-order chi connectivity index (χ0) is 20.4. The molecule has 0 saturated carbocycles. The van der Waals surface area contributed by atoms with Crippen molar-refractivity contribution in [1.82, 2.24) is 4.98 Å². The minimum atomic E-state index is -3.69. The van der Waals surface area contributed by atoms with Crippen LogP contribution in [0.2, 0.25) is 0 Å². The molecule has 6 heteroatoms. The van der Waals surface area contributed by atoms with Crippen molar-refractivity contribution in [3.8, 4) is 21.0 Å². The SMILES string of the molecule is Cc1ccc(-c2nc(S(=O)(=O)Cc3ccccc3)c(-c3ccc(F)cc3)s2)cc1. The zero-order valence-electron chi connectivity index (χ0n) is 15.7. The standard InChI is InChI=1S/C23H18FNO2S2/c1-16-7-9-19(10-8-16)22-25-23(21(28-22)18-11-13-20(24)14-12-18)29(26,27)15-17-5-3-2-4-6-17/h2-14H,15H2,1H3. The average molecular weight is 424 g/mol. The van der Waals surface area contributed by atoms with Crippen molar-refractivity contribution in [1.29, 1.82) is 0 Å². The number of halogens is 1. The van der Waals surface area contributed by atoms with Gasteiger partial charge in [0.2, 0.25) is 9.84 Å². The molecule has 0 aliphatic heterocycles. The first-order valence-electron chi connectivity index (χ1n) is 9.03. The fourth-order valence-electron chi connectivity index (χ4n) is 2.98. The van der Waals surface area contributed by atoms with Gasteiger partial charge in [-0.25, -0.2) is 17.8 Å². The van der Waals surface area contributed by atoms with Gasteiger partial charge in [0, 0.05) is 5.56 Å². The number of nitrogens with zero attached hydrogens (tertiary/aromatic N) is 1. The highest BCUT2D eigenvalue weighted by Crippen LogP contribution is 2.39. The molecule has 146 valence electrons. The average Bonchev–Trinajstić information content (AvgIpc) is 3.16. The first-order valence-corrected chi connectivity index (χ1v) is 11.5. The van der Waals surface area contributed by atoms with Crippen molar-refractivity contribution in [3.05, 3.63) is 95.8 Å². The Hall–Kier alpha value is -2.83. The van der Waals surface area contributed by atoms with Crippen LogP contribution in [0.5, 0.6) is 0 Å². The van der Waals surface area contributed by atoms with Gasteiger partial charge in [-0.05, 0) is 30.2 Å². The van der Waals surface area contributed by atoms with Crippen LogP contribution in [-0.4, -0.2) is 13.4 Å². The third-order valence-electron chi connectivity index (χ3n) is 4.50. The van der Waals surface area contributed by atoms with Gasteiger partial charge in [0.25, 0.3) is 0 Å². The monoisotopic (exact) mass is 423 g/mol. The van der Waals surface area contributed by atoms with E-state index in [4.69, 9.17) is 0 Å². The predicted molar refractivity (Wildman–Crippen MR) is 115 cm³/mol. The number of sulfone groups is 1. The summed E-state index contributed by atoms with van der Waals surface area (Å²) in [5, 5.41) is 0.657. The van der Waals surface area contributed by atoms with Gasteiger partial charge in [0.15, 0.2) is 5.03 Å². The Morgan fingerprint density at radius 3 is 2.14 bits per heavy atom. The predicted octanol–water partition coefficient (Wildman–Crippen LogP) is 5.90. The number of hydrogen-bond acceptors (Lipinski definition) is 4. The van der Waals surface area contributed by atoms with E-state index < -0.39 is 9.84 Å². The van der Waals surface area contributed by atoms with Gasteiger partial charge < -0.3 is 0 Å². The van der Waals surface area contributed by atoms with Crippen molar-refractivity contribution in [2.75, 3.05) is 0 Å². The van der Waals surface area contributed by atoms with E-state index in [1.54, 1.807) is 24.3 Å². The Morgan fingerprint density at radius 2 is 1.48 bits per heavy atom. The Labute approximate surface area is 173 Å². The Morgan fingerprint density at radius 1 is 0.862 bits per heavy atom. The Balaban J connectivity index is 1.84. The maximum atomic E-state index is 13.4. The van der Waals surface area contributed by atoms with E-state index in [1.165, 1.54) is 23.5 Å². The van der Waals surface area contributed by atoms with Crippen molar-refractivity contribution in [2.24, 2.45) is 0 Å². The highest BCUT2D eigenvalue weighted by atomic mass is 32.2. The van der Waals surface area contributed by atoms with E-state index in [0.717, 1.165) is 11.1 Å². The lowest BCUT2D eigenvalue weighted by molar-refractivity contribution is 0.592. The molecule has 3 aromatic carbocycles. The molecule has 0 aliphatic carbocycles. The normalized spacial score (nSPS) is 11.5. The van der Waals surface area contributed by atoms with Crippen LogP contribution in [0, 0.1) is 12.7 Å². The van der Waals surface area contributed by atoms with Crippen LogP contribution >= 0.6 is 11.3 Å². The molecule has 0 atom stereocenters. The molecule has 3 nitrogen and oxygen atoms in total. The summed E-state index contributed by atoms with van der Waals surface area (Å²) in [5.74, 6) is -0.509. The molecule has 0 fully saturated rings. The third-order valence-corrected chi connectivity index (χ3v) is 7.38. The van der Waals surface area contributed by atoms with Gasteiger partial charge in [-0.3, -0.25) is 0 Å². The highest BCUT2D eigenvalue weighted by Gasteiger charge is 2.26. The van der Waals surface area contributed by atoms with E-state index in [1.807, 2.05) is 49.4 Å². The quantitative estimate of drug-likeness (QED) is 0.402. The first-order chi connectivity index (χ1) is 13.9. The van der Waals surface area contributed by atoms with Crippen molar-refractivity contribution < 1.29 is 12.8 Å². The number of thiazole rings is 1. The maximum absolute atomic E-state index is 13.4. The van der Waals surface area contributed by atoms with Crippen LogP contribution in [-0.2, 0) is 15.6 Å². The fourth-order valence-corrected chi connectivity index (χ4v) is 5.92. The van der Waals surface area contributed by atoms with Crippen LogP contribution in [0.4, 0.5) is 4.39 Å². The summed E-state index contributed by atoms with van der Waals surface area (Å²) in [7, 11) is -3.69. The summed E-state index contributed by atoms with van der Waals surface area (Å²) < 4.78 is 39.9. The molecule has 1 aromatic heterocycles. The Bertz CT molecular complexity index is 1230. The van der Waals surface area contributed by atoms with Crippen LogP contribution in [0.3, 0.4) is 0 Å². The number of aromatic nitrogens is 1. The third kappa shape index (κ3) is 4.28. The molecular formula is C23H18FNO2S2. The Kier molecular flexibility index (Phi) is 5.30. The minimum Gasteiger partial charge on any atom is -0.224 e. The number of hydrogen-bond donors (Lipinski definition) is 0. The summed E-state index contributed by atoms with van der Waals surface area (Å²) >= 11 is 1.30. The number of rotatable bonds is 5. The molecule has 0 unspecified atom stereocenters. The highest BCUT2D eigenvalue weighted by molar-refractivity contribution is 7.90. The van der Waals surface area contributed by atoms with Crippen LogP contribution in [0.25, 0.3) is 21.0 Å². The van der Waals surface area contributed by atoms with Gasteiger partial charge in [-0.2, -0.15) is 0 Å². The van der Waals surface area contributed by atoms with Gasteiger partial charge >= 0.3 is 0 Å². The van der Waals surface area contributed by atoms with E-state index in [-0.39, 0.29) is 16.6 Å². The summed E-state index contributed by atoms with van der Waals surface area (Å²) in [5.41, 5.74) is 3.29. The second-order valence-electron chi connectivity index (χ2n) is 6.77. The molecule has 0 aliphatic rings. The maximum Gasteiger partial charge on any atom is 0.201 e. The molecule has 4 rings (SSSR count). The summed E-state index contributed by atoms with van der Waals surface area (Å²) in [6, 6.07) is 22.6. The molecular weight excluding hydrogens is 405 g/mol. The largest absolute Gasteiger partial charge is 0.224 e. The minimum absolute atomic E-state index is 0.0357. The number of aryl methyl sites for hydroxylation is 1. The second kappa shape index (κ2) is 7.89. The van der Waals surface area contributed by atoms with Crippen LogP contribution < -0.4 is 0 Å². The number of benzene rings is 3. The van der Waals surface area contributed by atoms with Crippen molar-refractivity contribution in [2.45, 2.75) is 17.7 Å². The molecule has 0 bridgehead atoms. The molecule has 1 heterocycles. The van der Waals surface area contributed by atoms with Crippen molar-refractivity contribution in [3.63, 3.8) is 0 Å². The van der Waals surface area contributed by atoms with Crippen LogP contribution in [0.15, 0.2) is 83.9 Å². The van der Waals surface area contributed by atoms with Gasteiger partial charge in [-0.15, -0.1) is 11.3 Å². The summed E-state index contributed by atoms with van der Waals surface area (Å²) in [4.78, 5) is 5.04. The molecule has 0 amide bonds. The van der Waals surface area contributed by atoms with E-state index >= 15 is 0 Å². The van der Waals surface area contributed by atoms with Gasteiger partial charge in [0.05, 0.1) is 10.6 Å². The summed E-state index contributed by atoms with van der Waals surface area (Å²) in [6.07, 6.45) is 0. The molecule has 0 saturated heterocycles. The molecule has 4 aromatic rings. The smallest absolute Gasteiger partial charge is 0.201 e. The molecule has 29 heavy (non-hydrogen) atoms. The molecule has 0 spiro atoms. The van der Waals surface area contributed by atoms with Gasteiger partial charge in [0.1, 0.15) is 10.8 Å². The fraction of sp³-hybridized carbons (Fsp3) is 0.0870. The van der Waals surface area contributed by atoms with E-state index in [2.05, 4.69) is 4.98 Å². The van der Waals surface area contributed by atoms with Crippen LogP contribution in [0.1, 0.15) is 11.1 Å². The topological polar surface area (TPSA) is 47.0 Å². The zero-order valence-corrected chi connectivity index (χ0v) is 17.3. The lowest BCUT2D eigenvalue weighted by atomic mass is 10.2. The summed E-state index contributed by atoms with van der Waals surface area (Å²) in [6.45, 7) is 1.99. The lowest BCUT2D eigenvalue weighted by Crippen LogP contribution is -2.06.